The summed E-state index contributed by atoms with van der Waals surface area (Å²) in [6.45, 7) is 0. The number of hydrogen-bond acceptors (Lipinski definition) is 5. The van der Waals surface area contributed by atoms with Crippen LogP contribution < -0.4 is 10.6 Å². The molecule has 0 aliphatic carbocycles. The van der Waals surface area contributed by atoms with Crippen molar-refractivity contribution in [3.8, 4) is 16.8 Å². The fourth-order valence-electron chi connectivity index (χ4n) is 8.94. The third-order valence-electron chi connectivity index (χ3n) is 11.5. The molecule has 12 rings (SSSR count). The van der Waals surface area contributed by atoms with Gasteiger partial charge in [-0.2, -0.15) is 0 Å². The van der Waals surface area contributed by atoms with E-state index in [-0.39, 0.29) is 12.3 Å². The van der Waals surface area contributed by atoms with Gasteiger partial charge in [-0.3, -0.25) is 5.32 Å². The lowest BCUT2D eigenvalue weighted by Crippen LogP contribution is -2.44. The Bertz CT molecular complexity index is 3320. The summed E-state index contributed by atoms with van der Waals surface area (Å²) in [5.74, 6) is 0.887. The molecule has 0 amide bonds. The summed E-state index contributed by atoms with van der Waals surface area (Å²) in [6.07, 6.45) is -0.297. The molecule has 11 aromatic rings. The summed E-state index contributed by atoms with van der Waals surface area (Å²) in [4.78, 5) is 5.30. The summed E-state index contributed by atoms with van der Waals surface area (Å²) >= 11 is 1.83. The van der Waals surface area contributed by atoms with Gasteiger partial charge in [-0.1, -0.05) is 133 Å². The Balaban J connectivity index is 1.00. The van der Waals surface area contributed by atoms with E-state index in [9.17, 15) is 0 Å². The SMILES string of the molecule is c1ccc(C2N=C(c3cccc4c3sc3cccc(-c5ccc6c(c5)oc5cccc(-n7c8ccccc8c8ccccc87)c56)c34)NC(c3ccccc3)N2)cc1. The molecular formula is C51H34N4OS. The maximum atomic E-state index is 6.71. The number of aliphatic imine (C=N–C) groups is 1. The van der Waals surface area contributed by atoms with Crippen molar-refractivity contribution in [1.82, 2.24) is 15.2 Å². The van der Waals surface area contributed by atoms with E-state index in [4.69, 9.17) is 9.41 Å². The Kier molecular flexibility index (Phi) is 7.24. The molecule has 57 heavy (non-hydrogen) atoms. The van der Waals surface area contributed by atoms with Crippen molar-refractivity contribution in [2.45, 2.75) is 12.3 Å². The number of nitrogens with zero attached hydrogens (tertiary/aromatic N) is 2. The lowest BCUT2D eigenvalue weighted by atomic mass is 9.97. The highest BCUT2D eigenvalue weighted by molar-refractivity contribution is 7.26. The van der Waals surface area contributed by atoms with Gasteiger partial charge in [0.25, 0.3) is 0 Å². The predicted octanol–water partition coefficient (Wildman–Crippen LogP) is 13.1. The van der Waals surface area contributed by atoms with Crippen molar-refractivity contribution in [3.05, 3.63) is 199 Å². The topological polar surface area (TPSA) is 54.5 Å². The molecule has 0 fully saturated rings. The van der Waals surface area contributed by atoms with Crippen LogP contribution in [0.25, 0.3) is 80.7 Å². The van der Waals surface area contributed by atoms with E-state index in [1.54, 1.807) is 0 Å². The van der Waals surface area contributed by atoms with Gasteiger partial charge < -0.3 is 14.3 Å². The van der Waals surface area contributed by atoms with Crippen LogP contribution in [0.5, 0.6) is 0 Å². The lowest BCUT2D eigenvalue weighted by molar-refractivity contribution is 0.409. The number of nitrogens with one attached hydrogen (secondary N) is 2. The van der Waals surface area contributed by atoms with Crippen LogP contribution in [-0.2, 0) is 0 Å². The largest absolute Gasteiger partial charge is 0.456 e. The molecule has 2 N–H and O–H groups in total. The highest BCUT2D eigenvalue weighted by Gasteiger charge is 2.27. The van der Waals surface area contributed by atoms with Gasteiger partial charge in [-0.05, 0) is 70.8 Å². The molecule has 0 radical (unpaired) electrons. The summed E-state index contributed by atoms with van der Waals surface area (Å²) in [5.41, 5.74) is 11.0. The zero-order valence-electron chi connectivity index (χ0n) is 30.7. The van der Waals surface area contributed by atoms with Gasteiger partial charge in [0.15, 0.2) is 0 Å². The fraction of sp³-hybridized carbons (Fsp3) is 0.0392. The van der Waals surface area contributed by atoms with Crippen molar-refractivity contribution in [3.63, 3.8) is 0 Å². The molecule has 0 saturated heterocycles. The predicted molar refractivity (Wildman–Crippen MR) is 238 cm³/mol. The van der Waals surface area contributed by atoms with Gasteiger partial charge in [0.05, 0.1) is 22.1 Å². The van der Waals surface area contributed by atoms with Gasteiger partial charge in [-0.15, -0.1) is 11.3 Å². The Hall–Kier alpha value is -6.99. The Morgan fingerprint density at radius 3 is 1.98 bits per heavy atom. The number of rotatable bonds is 5. The maximum Gasteiger partial charge on any atom is 0.137 e. The average molecular weight is 751 g/mol. The van der Waals surface area contributed by atoms with E-state index in [2.05, 4.69) is 197 Å². The van der Waals surface area contributed by atoms with Gasteiger partial charge in [-0.25, -0.2) is 4.99 Å². The van der Waals surface area contributed by atoms with Crippen LogP contribution in [0.4, 0.5) is 0 Å². The summed E-state index contributed by atoms with van der Waals surface area (Å²) in [7, 11) is 0. The molecular weight excluding hydrogens is 717 g/mol. The third-order valence-corrected chi connectivity index (χ3v) is 12.7. The Labute approximate surface area is 332 Å². The molecule has 1 aliphatic rings. The third kappa shape index (κ3) is 5.08. The normalized spacial score (nSPS) is 15.9. The van der Waals surface area contributed by atoms with Crippen LogP contribution >= 0.6 is 11.3 Å². The second kappa shape index (κ2) is 12.8. The molecule has 270 valence electrons. The zero-order chi connectivity index (χ0) is 37.5. The zero-order valence-corrected chi connectivity index (χ0v) is 31.5. The lowest BCUT2D eigenvalue weighted by Gasteiger charge is -2.32. The van der Waals surface area contributed by atoms with E-state index in [0.717, 1.165) is 50.2 Å². The first-order chi connectivity index (χ1) is 28.3. The molecule has 1 aliphatic heterocycles. The second-order valence-corrected chi connectivity index (χ2v) is 15.8. The van der Waals surface area contributed by atoms with Gasteiger partial charge in [0.2, 0.25) is 0 Å². The van der Waals surface area contributed by atoms with Crippen molar-refractivity contribution in [1.29, 1.82) is 0 Å². The van der Waals surface area contributed by atoms with Crippen LogP contribution in [0.1, 0.15) is 29.0 Å². The summed E-state index contributed by atoms with van der Waals surface area (Å²) < 4.78 is 11.5. The van der Waals surface area contributed by atoms with E-state index >= 15 is 0 Å². The molecule has 2 unspecified atom stereocenters. The first kappa shape index (κ1) is 32.3. The van der Waals surface area contributed by atoms with Gasteiger partial charge in [0, 0.05) is 41.9 Å². The van der Waals surface area contributed by atoms with E-state index in [0.29, 0.717) is 0 Å². The number of fused-ring (bicyclic) bond motifs is 9. The van der Waals surface area contributed by atoms with Crippen molar-refractivity contribution >= 4 is 81.1 Å². The fourth-order valence-corrected chi connectivity index (χ4v) is 10.2. The van der Waals surface area contributed by atoms with Crippen LogP contribution in [0, 0.1) is 0 Å². The van der Waals surface area contributed by atoms with Crippen LogP contribution in [-0.4, -0.2) is 10.4 Å². The van der Waals surface area contributed by atoms with E-state index in [1.165, 1.54) is 53.1 Å². The minimum absolute atomic E-state index is 0.102. The second-order valence-electron chi connectivity index (χ2n) is 14.7. The smallest absolute Gasteiger partial charge is 0.137 e. The van der Waals surface area contributed by atoms with Gasteiger partial charge >= 0.3 is 0 Å². The van der Waals surface area contributed by atoms with E-state index < -0.39 is 0 Å². The first-order valence-corrected chi connectivity index (χ1v) is 20.2. The molecule has 0 bridgehead atoms. The van der Waals surface area contributed by atoms with Gasteiger partial charge in [0.1, 0.15) is 29.3 Å². The molecule has 0 saturated carbocycles. The highest BCUT2D eigenvalue weighted by atomic mass is 32.1. The monoisotopic (exact) mass is 750 g/mol. The molecule has 0 spiro atoms. The van der Waals surface area contributed by atoms with Crippen molar-refractivity contribution in [2.24, 2.45) is 4.99 Å². The molecule has 8 aromatic carbocycles. The summed E-state index contributed by atoms with van der Waals surface area (Å²) in [5, 5.41) is 14.7. The van der Waals surface area contributed by atoms with Crippen LogP contribution in [0.3, 0.4) is 0 Å². The minimum atomic E-state index is -0.195. The quantitative estimate of drug-likeness (QED) is 0.184. The van der Waals surface area contributed by atoms with Crippen molar-refractivity contribution in [2.75, 3.05) is 0 Å². The number of para-hydroxylation sites is 2. The molecule has 5 nitrogen and oxygen atoms in total. The average Bonchev–Trinajstić information content (AvgIpc) is 3.96. The number of hydrogen-bond donors (Lipinski definition) is 2. The molecule has 6 heteroatoms. The first-order valence-electron chi connectivity index (χ1n) is 19.4. The van der Waals surface area contributed by atoms with E-state index in [1.807, 2.05) is 11.3 Å². The molecule has 3 aromatic heterocycles. The van der Waals surface area contributed by atoms with Crippen LogP contribution in [0.15, 0.2) is 191 Å². The number of aromatic nitrogens is 1. The van der Waals surface area contributed by atoms with Crippen molar-refractivity contribution < 1.29 is 4.42 Å². The van der Waals surface area contributed by atoms with Crippen LogP contribution in [0.2, 0.25) is 0 Å². The maximum absolute atomic E-state index is 6.71. The highest BCUT2D eigenvalue weighted by Crippen LogP contribution is 2.44. The number of thiophene rings is 1. The molecule has 4 heterocycles. The number of benzene rings is 8. The number of furan rings is 1. The standard InChI is InChI=1S/C51H34N4OS/c1-3-14-31(15-4-1)49-52-50(32-16-5-2-6-17-32)54-51(53-49)39-22-11-21-38-46-34(20-12-27-45(46)57-48(38)39)33-28-29-37-44(30-33)56-43-26-13-25-42(47(37)43)55-40-23-9-7-18-35(40)36-19-8-10-24-41(36)55/h1-30,49-50,52H,(H,53,54). The summed E-state index contributed by atoms with van der Waals surface area (Å²) in [6, 6.07) is 64.8. The molecule has 2 atom stereocenters. The number of amidine groups is 1. The Morgan fingerprint density at radius 1 is 0.526 bits per heavy atom. The minimum Gasteiger partial charge on any atom is -0.456 e. The Morgan fingerprint density at radius 2 is 1.19 bits per heavy atom.